The largest absolute Gasteiger partial charge is 0.314 e. The summed E-state index contributed by atoms with van der Waals surface area (Å²) in [5, 5.41) is 3.69. The quantitative estimate of drug-likeness (QED) is 0.657. The van der Waals surface area contributed by atoms with E-state index in [1.165, 1.54) is 38.6 Å². The van der Waals surface area contributed by atoms with Crippen molar-refractivity contribution in [3.63, 3.8) is 0 Å². The maximum Gasteiger partial charge on any atom is 0.00722 e. The van der Waals surface area contributed by atoms with Crippen LogP contribution in [0.3, 0.4) is 0 Å². The van der Waals surface area contributed by atoms with Gasteiger partial charge >= 0.3 is 0 Å². The minimum Gasteiger partial charge on any atom is -0.314 e. The van der Waals surface area contributed by atoms with Gasteiger partial charge in [-0.25, -0.2) is 0 Å². The molecule has 1 N–H and O–H groups in total. The summed E-state index contributed by atoms with van der Waals surface area (Å²) in [6, 6.07) is 0.848. The van der Waals surface area contributed by atoms with E-state index in [-0.39, 0.29) is 0 Å². The monoisotopic (exact) mass is 179 g/mol. The van der Waals surface area contributed by atoms with Gasteiger partial charge in [0.15, 0.2) is 0 Å². The van der Waals surface area contributed by atoms with Gasteiger partial charge in [0, 0.05) is 6.04 Å². The van der Waals surface area contributed by atoms with Crippen molar-refractivity contribution in [2.75, 3.05) is 6.54 Å². The fourth-order valence-electron chi connectivity index (χ4n) is 2.44. The average molecular weight is 179 g/mol. The third-order valence-corrected chi connectivity index (χ3v) is 3.45. The van der Waals surface area contributed by atoms with E-state index in [1.807, 2.05) is 0 Å². The third-order valence-electron chi connectivity index (χ3n) is 3.45. The van der Waals surface area contributed by atoms with E-state index in [0.29, 0.717) is 0 Å². The fraction of sp³-hybridized carbons (Fsp3) is 0.833. The van der Waals surface area contributed by atoms with Gasteiger partial charge in [0.25, 0.3) is 0 Å². The lowest BCUT2D eigenvalue weighted by Gasteiger charge is -2.34. The topological polar surface area (TPSA) is 12.0 Å². The fourth-order valence-corrected chi connectivity index (χ4v) is 2.44. The summed E-state index contributed by atoms with van der Waals surface area (Å²) in [4.78, 5) is 0. The molecular weight excluding hydrogens is 158 g/mol. The predicted octanol–water partition coefficient (Wildman–Crippen LogP) is 2.73. The van der Waals surface area contributed by atoms with Gasteiger partial charge in [0.05, 0.1) is 0 Å². The van der Waals surface area contributed by atoms with E-state index < -0.39 is 0 Å². The Morgan fingerprint density at radius 3 is 2.77 bits per heavy atom. The molecule has 0 radical (unpaired) electrons. The molecule has 74 valence electrons. The van der Waals surface area contributed by atoms with E-state index >= 15 is 0 Å². The van der Waals surface area contributed by atoms with Crippen molar-refractivity contribution in [3.05, 3.63) is 12.2 Å². The molecule has 0 aromatic rings. The van der Waals surface area contributed by atoms with Gasteiger partial charge < -0.3 is 5.32 Å². The molecule has 0 aliphatic heterocycles. The molecule has 2 rings (SSSR count). The average Bonchev–Trinajstić information content (AvgIpc) is 2.12. The van der Waals surface area contributed by atoms with Crippen molar-refractivity contribution >= 4 is 0 Å². The zero-order valence-corrected chi connectivity index (χ0v) is 8.63. The molecule has 0 aromatic carbocycles. The molecule has 0 aromatic heterocycles. The Hall–Kier alpha value is -0.300. The maximum absolute atomic E-state index is 3.69. The lowest BCUT2D eigenvalue weighted by molar-refractivity contribution is 0.229. The zero-order chi connectivity index (χ0) is 9.10. The van der Waals surface area contributed by atoms with Crippen LogP contribution in [0.4, 0.5) is 0 Å². The predicted molar refractivity (Wildman–Crippen MR) is 56.7 cm³/mol. The Labute approximate surface area is 81.6 Å². The highest BCUT2D eigenvalue weighted by molar-refractivity contribution is 4.91. The molecular formula is C12H21N. The first-order valence-corrected chi connectivity index (χ1v) is 5.73. The first-order valence-electron chi connectivity index (χ1n) is 5.73. The van der Waals surface area contributed by atoms with Crippen molar-refractivity contribution in [3.8, 4) is 0 Å². The minimum absolute atomic E-state index is 0.848. The van der Waals surface area contributed by atoms with Crippen molar-refractivity contribution in [1.29, 1.82) is 0 Å². The van der Waals surface area contributed by atoms with Crippen LogP contribution in [0.1, 0.15) is 39.0 Å². The molecule has 1 nitrogen and oxygen atoms in total. The Morgan fingerprint density at radius 1 is 1.31 bits per heavy atom. The SMILES string of the molecule is CC1CC(NCC2CC=CCC2)C1. The number of rotatable bonds is 3. The normalized spacial score (nSPS) is 38.7. The van der Waals surface area contributed by atoms with Crippen LogP contribution in [0.2, 0.25) is 0 Å². The zero-order valence-electron chi connectivity index (χ0n) is 8.63. The molecule has 0 bridgehead atoms. The summed E-state index contributed by atoms with van der Waals surface area (Å²) in [5.41, 5.74) is 0. The highest BCUT2D eigenvalue weighted by atomic mass is 14.9. The van der Waals surface area contributed by atoms with Crippen molar-refractivity contribution in [2.24, 2.45) is 11.8 Å². The van der Waals surface area contributed by atoms with Gasteiger partial charge in [-0.1, -0.05) is 19.1 Å². The molecule has 0 heterocycles. The van der Waals surface area contributed by atoms with Crippen LogP contribution in [0, 0.1) is 11.8 Å². The minimum atomic E-state index is 0.848. The summed E-state index contributed by atoms with van der Waals surface area (Å²) in [6.07, 6.45) is 11.5. The van der Waals surface area contributed by atoms with E-state index in [9.17, 15) is 0 Å². The highest BCUT2D eigenvalue weighted by Crippen LogP contribution is 2.27. The Bertz CT molecular complexity index is 180. The standard InChI is InChI=1S/C12H21N/c1-10-7-12(8-10)13-9-11-5-3-2-4-6-11/h2-3,10-13H,4-9H2,1H3. The molecule has 1 fully saturated rings. The molecule has 1 atom stereocenters. The summed E-state index contributed by atoms with van der Waals surface area (Å²) in [5.74, 6) is 1.89. The molecule has 2 aliphatic carbocycles. The molecule has 0 saturated heterocycles. The second kappa shape index (κ2) is 4.28. The summed E-state index contributed by atoms with van der Waals surface area (Å²) in [6.45, 7) is 3.60. The van der Waals surface area contributed by atoms with Crippen LogP contribution in [-0.4, -0.2) is 12.6 Å². The third kappa shape index (κ3) is 2.57. The van der Waals surface area contributed by atoms with Crippen LogP contribution in [0.15, 0.2) is 12.2 Å². The van der Waals surface area contributed by atoms with Gasteiger partial charge in [0.2, 0.25) is 0 Å². The van der Waals surface area contributed by atoms with Crippen LogP contribution >= 0.6 is 0 Å². The smallest absolute Gasteiger partial charge is 0.00722 e. The second-order valence-corrected chi connectivity index (χ2v) is 4.83. The lowest BCUT2D eigenvalue weighted by atomic mass is 9.81. The molecule has 1 heteroatoms. The molecule has 1 unspecified atom stereocenters. The first-order chi connectivity index (χ1) is 6.34. The second-order valence-electron chi connectivity index (χ2n) is 4.83. The molecule has 0 amide bonds. The maximum atomic E-state index is 3.69. The number of allylic oxidation sites excluding steroid dienone is 2. The lowest BCUT2D eigenvalue weighted by Crippen LogP contribution is -2.42. The number of hydrogen-bond donors (Lipinski definition) is 1. The Morgan fingerprint density at radius 2 is 2.15 bits per heavy atom. The van der Waals surface area contributed by atoms with Gasteiger partial charge in [-0.2, -0.15) is 0 Å². The summed E-state index contributed by atoms with van der Waals surface area (Å²) < 4.78 is 0. The Kier molecular flexibility index (Phi) is 3.05. The number of nitrogens with one attached hydrogen (secondary N) is 1. The van der Waals surface area contributed by atoms with Crippen LogP contribution in [0.25, 0.3) is 0 Å². The van der Waals surface area contributed by atoms with Gasteiger partial charge in [0.1, 0.15) is 0 Å². The van der Waals surface area contributed by atoms with Crippen LogP contribution < -0.4 is 5.32 Å². The molecule has 1 saturated carbocycles. The van der Waals surface area contributed by atoms with Crippen molar-refractivity contribution in [2.45, 2.75) is 45.1 Å². The van der Waals surface area contributed by atoms with Gasteiger partial charge in [-0.05, 0) is 50.5 Å². The Balaban J connectivity index is 1.60. The van der Waals surface area contributed by atoms with E-state index in [2.05, 4.69) is 24.4 Å². The number of hydrogen-bond acceptors (Lipinski definition) is 1. The summed E-state index contributed by atoms with van der Waals surface area (Å²) >= 11 is 0. The molecule has 13 heavy (non-hydrogen) atoms. The van der Waals surface area contributed by atoms with Crippen LogP contribution in [0.5, 0.6) is 0 Å². The van der Waals surface area contributed by atoms with Crippen molar-refractivity contribution < 1.29 is 0 Å². The molecule has 0 spiro atoms. The highest BCUT2D eigenvalue weighted by Gasteiger charge is 2.25. The summed E-state index contributed by atoms with van der Waals surface area (Å²) in [7, 11) is 0. The molecule has 2 aliphatic rings. The van der Waals surface area contributed by atoms with Crippen molar-refractivity contribution in [1.82, 2.24) is 5.32 Å². The first kappa shape index (κ1) is 9.26. The van der Waals surface area contributed by atoms with E-state index in [0.717, 1.165) is 17.9 Å². The van der Waals surface area contributed by atoms with E-state index in [1.54, 1.807) is 0 Å². The van der Waals surface area contributed by atoms with Crippen LogP contribution in [-0.2, 0) is 0 Å². The van der Waals surface area contributed by atoms with E-state index in [4.69, 9.17) is 0 Å². The van der Waals surface area contributed by atoms with Gasteiger partial charge in [-0.15, -0.1) is 0 Å². The van der Waals surface area contributed by atoms with Gasteiger partial charge in [-0.3, -0.25) is 0 Å².